The van der Waals surface area contributed by atoms with Crippen molar-refractivity contribution in [1.82, 2.24) is 15.1 Å². The maximum atomic E-state index is 12.8. The van der Waals surface area contributed by atoms with Gasteiger partial charge in [-0.2, -0.15) is 18.3 Å². The van der Waals surface area contributed by atoms with Gasteiger partial charge in [-0.25, -0.2) is 4.68 Å². The van der Waals surface area contributed by atoms with Crippen molar-refractivity contribution < 1.29 is 13.2 Å². The van der Waals surface area contributed by atoms with Crippen LogP contribution in [0.2, 0.25) is 0 Å². The molecule has 1 aromatic heterocycles. The van der Waals surface area contributed by atoms with Crippen molar-refractivity contribution in [3.05, 3.63) is 47.7 Å². The fraction of sp³-hybridized carbons (Fsp3) is 0.438. The third-order valence-electron chi connectivity index (χ3n) is 4.15. The molecule has 0 spiro atoms. The highest BCUT2D eigenvalue weighted by molar-refractivity contribution is 5.35. The molecule has 1 aliphatic heterocycles. The van der Waals surface area contributed by atoms with Gasteiger partial charge in [0.15, 0.2) is 0 Å². The first-order chi connectivity index (χ1) is 10.9. The van der Waals surface area contributed by atoms with Crippen molar-refractivity contribution >= 4 is 5.82 Å². The quantitative estimate of drug-likeness (QED) is 0.907. The highest BCUT2D eigenvalue weighted by Crippen LogP contribution is 2.30. The Morgan fingerprint density at radius 1 is 1.39 bits per heavy atom. The first-order valence-electron chi connectivity index (χ1n) is 7.59. The Morgan fingerprint density at radius 3 is 3.00 bits per heavy atom. The van der Waals surface area contributed by atoms with Crippen molar-refractivity contribution in [3.63, 3.8) is 0 Å². The zero-order valence-corrected chi connectivity index (χ0v) is 12.8. The monoisotopic (exact) mass is 324 g/mol. The highest BCUT2D eigenvalue weighted by Gasteiger charge is 2.30. The van der Waals surface area contributed by atoms with Crippen LogP contribution < -0.4 is 10.6 Å². The molecular formula is C16H19F3N4. The molecule has 2 heterocycles. The van der Waals surface area contributed by atoms with Gasteiger partial charge in [-0.1, -0.05) is 12.1 Å². The number of nitrogens with one attached hydrogen (secondary N) is 2. The van der Waals surface area contributed by atoms with Crippen molar-refractivity contribution in [2.45, 2.75) is 25.7 Å². The van der Waals surface area contributed by atoms with Crippen LogP contribution >= 0.6 is 0 Å². The van der Waals surface area contributed by atoms with Crippen LogP contribution in [0.25, 0.3) is 0 Å². The third kappa shape index (κ3) is 3.67. The minimum atomic E-state index is -4.31. The predicted octanol–water partition coefficient (Wildman–Crippen LogP) is 3.29. The molecule has 0 fully saturated rings. The summed E-state index contributed by atoms with van der Waals surface area (Å²) in [6, 6.07) is 7.26. The molecule has 23 heavy (non-hydrogen) atoms. The van der Waals surface area contributed by atoms with E-state index in [1.807, 2.05) is 17.7 Å². The molecule has 4 nitrogen and oxygen atoms in total. The van der Waals surface area contributed by atoms with E-state index < -0.39 is 11.7 Å². The molecule has 1 aromatic carbocycles. The number of halogens is 3. The van der Waals surface area contributed by atoms with Crippen LogP contribution in [0, 0.1) is 5.92 Å². The fourth-order valence-corrected chi connectivity index (χ4v) is 2.77. The molecule has 0 bridgehead atoms. The van der Waals surface area contributed by atoms with Gasteiger partial charge in [0.05, 0.1) is 11.8 Å². The van der Waals surface area contributed by atoms with Gasteiger partial charge in [-0.15, -0.1) is 0 Å². The number of alkyl halides is 3. The second kappa shape index (κ2) is 6.23. The lowest BCUT2D eigenvalue weighted by atomic mass is 10.0. The molecule has 0 unspecified atom stereocenters. The summed E-state index contributed by atoms with van der Waals surface area (Å²) in [5.74, 6) is 1.35. The topological polar surface area (TPSA) is 41.9 Å². The van der Waals surface area contributed by atoms with Gasteiger partial charge in [0.1, 0.15) is 5.82 Å². The predicted molar refractivity (Wildman–Crippen MR) is 82.1 cm³/mol. The Kier molecular flexibility index (Phi) is 4.30. The third-order valence-corrected chi connectivity index (χ3v) is 4.15. The second-order valence-electron chi connectivity index (χ2n) is 5.90. The summed E-state index contributed by atoms with van der Waals surface area (Å²) in [5, 5.41) is 10.9. The van der Waals surface area contributed by atoms with Gasteiger partial charge < -0.3 is 10.6 Å². The molecule has 124 valence electrons. The Bertz CT molecular complexity index is 665. The summed E-state index contributed by atoms with van der Waals surface area (Å²) >= 11 is 0. The summed E-state index contributed by atoms with van der Waals surface area (Å²) in [6.45, 7) is 4.22. The van der Waals surface area contributed by atoms with E-state index in [2.05, 4.69) is 15.7 Å². The highest BCUT2D eigenvalue weighted by atomic mass is 19.4. The fourth-order valence-electron chi connectivity index (χ4n) is 2.77. The van der Waals surface area contributed by atoms with Crippen LogP contribution in [-0.2, 0) is 12.7 Å². The van der Waals surface area contributed by atoms with Gasteiger partial charge in [-0.3, -0.25) is 0 Å². The lowest BCUT2D eigenvalue weighted by Gasteiger charge is -2.26. The standard InChI is InChI=1S/C16H19F3N4/c1-11(13-3-2-4-14(7-13)16(17,18)19)20-8-12-9-21-15-5-6-22-23(15)10-12/h2-7,11-12,20-21H,8-10H2,1H3/t11-,12-/m1/s1. The zero-order valence-electron chi connectivity index (χ0n) is 12.8. The van der Waals surface area contributed by atoms with E-state index in [4.69, 9.17) is 0 Å². The molecule has 1 aliphatic rings. The van der Waals surface area contributed by atoms with E-state index in [1.165, 1.54) is 12.1 Å². The van der Waals surface area contributed by atoms with E-state index in [-0.39, 0.29) is 6.04 Å². The maximum absolute atomic E-state index is 12.8. The SMILES string of the molecule is C[C@@H](NC[C@@H]1CNc2ccnn2C1)c1cccc(C(F)(F)F)c1. The summed E-state index contributed by atoms with van der Waals surface area (Å²) in [4.78, 5) is 0. The molecule has 7 heteroatoms. The van der Waals surface area contributed by atoms with Crippen molar-refractivity contribution in [1.29, 1.82) is 0 Å². The van der Waals surface area contributed by atoms with Gasteiger partial charge in [0.25, 0.3) is 0 Å². The summed E-state index contributed by atoms with van der Waals surface area (Å²) in [6.07, 6.45) is -2.55. The van der Waals surface area contributed by atoms with Crippen LogP contribution in [0.15, 0.2) is 36.5 Å². The lowest BCUT2D eigenvalue weighted by Crippen LogP contribution is -2.36. The number of nitrogens with zero attached hydrogens (tertiary/aromatic N) is 2. The van der Waals surface area contributed by atoms with Crippen LogP contribution in [0.4, 0.5) is 19.0 Å². The van der Waals surface area contributed by atoms with E-state index in [1.54, 1.807) is 12.3 Å². The summed E-state index contributed by atoms with van der Waals surface area (Å²) in [7, 11) is 0. The normalized spacial score (nSPS) is 19.0. The van der Waals surface area contributed by atoms with Crippen molar-refractivity contribution in [2.24, 2.45) is 5.92 Å². The molecule has 0 radical (unpaired) electrons. The van der Waals surface area contributed by atoms with Crippen LogP contribution in [0.5, 0.6) is 0 Å². The first-order valence-corrected chi connectivity index (χ1v) is 7.59. The molecule has 0 aliphatic carbocycles. The van der Waals surface area contributed by atoms with Gasteiger partial charge in [0.2, 0.25) is 0 Å². The van der Waals surface area contributed by atoms with Gasteiger partial charge in [0, 0.05) is 37.7 Å². The second-order valence-corrected chi connectivity index (χ2v) is 5.90. The van der Waals surface area contributed by atoms with Crippen molar-refractivity contribution in [3.8, 4) is 0 Å². The van der Waals surface area contributed by atoms with Crippen LogP contribution in [-0.4, -0.2) is 22.9 Å². The van der Waals surface area contributed by atoms with Gasteiger partial charge >= 0.3 is 6.18 Å². The molecule has 2 atom stereocenters. The number of fused-ring (bicyclic) bond motifs is 1. The average molecular weight is 324 g/mol. The first kappa shape index (κ1) is 15.9. The Balaban J connectivity index is 1.59. The number of hydrogen-bond acceptors (Lipinski definition) is 3. The zero-order chi connectivity index (χ0) is 16.4. The maximum Gasteiger partial charge on any atom is 0.416 e. The average Bonchev–Trinajstić information content (AvgIpc) is 2.99. The Morgan fingerprint density at radius 2 is 2.22 bits per heavy atom. The van der Waals surface area contributed by atoms with Gasteiger partial charge in [-0.05, 0) is 24.6 Å². The summed E-state index contributed by atoms with van der Waals surface area (Å²) < 4.78 is 40.2. The molecule has 0 saturated heterocycles. The van der Waals surface area contributed by atoms with Crippen molar-refractivity contribution in [2.75, 3.05) is 18.4 Å². The van der Waals surface area contributed by atoms with Crippen LogP contribution in [0.3, 0.4) is 0 Å². The van der Waals surface area contributed by atoms with E-state index in [0.717, 1.165) is 25.0 Å². The van der Waals surface area contributed by atoms with E-state index >= 15 is 0 Å². The van der Waals surface area contributed by atoms with Crippen LogP contribution in [0.1, 0.15) is 24.1 Å². The molecule has 0 saturated carbocycles. The minimum absolute atomic E-state index is 0.142. The largest absolute Gasteiger partial charge is 0.416 e. The van der Waals surface area contributed by atoms with E-state index in [9.17, 15) is 13.2 Å². The minimum Gasteiger partial charge on any atom is -0.370 e. The number of aromatic nitrogens is 2. The molecular weight excluding hydrogens is 305 g/mol. The molecule has 3 rings (SSSR count). The molecule has 2 N–H and O–H groups in total. The smallest absolute Gasteiger partial charge is 0.370 e. The number of anilines is 1. The molecule has 0 amide bonds. The lowest BCUT2D eigenvalue weighted by molar-refractivity contribution is -0.137. The number of hydrogen-bond donors (Lipinski definition) is 2. The number of rotatable bonds is 4. The number of benzene rings is 1. The summed E-state index contributed by atoms with van der Waals surface area (Å²) in [5.41, 5.74) is 0.0348. The molecule has 2 aromatic rings. The Hall–Kier alpha value is -2.02. The Labute approximate surface area is 132 Å². The van der Waals surface area contributed by atoms with E-state index in [0.29, 0.717) is 18.0 Å².